The Morgan fingerprint density at radius 3 is 2.62 bits per heavy atom. The van der Waals surface area contributed by atoms with Gasteiger partial charge in [-0.3, -0.25) is 9.36 Å². The molecular weight excluding hydrogens is 333 g/mol. The van der Waals surface area contributed by atoms with Gasteiger partial charge in [0.05, 0.1) is 17.6 Å². The van der Waals surface area contributed by atoms with Crippen molar-refractivity contribution in [2.24, 2.45) is 0 Å². The highest BCUT2D eigenvalue weighted by molar-refractivity contribution is 5.97. The van der Waals surface area contributed by atoms with Gasteiger partial charge in [0.25, 0.3) is 5.91 Å². The largest absolute Gasteiger partial charge is 0.349 e. The van der Waals surface area contributed by atoms with E-state index >= 15 is 0 Å². The molecule has 0 aliphatic heterocycles. The van der Waals surface area contributed by atoms with Gasteiger partial charge in [-0.15, -0.1) is 0 Å². The van der Waals surface area contributed by atoms with Gasteiger partial charge in [-0.1, -0.05) is 25.0 Å². The number of fused-ring (bicyclic) bond motifs is 1. The standard InChI is InChI=1S/C20H20FN3O2/c21-15-8-5-13(6-9-15)12-24-18-10-7-14(11-17(18)23-20(24)26)19(25)22-16-3-1-2-4-16/h5-11,16H,1-4,12H2,(H,22,25)(H,23,26). The number of hydrogen-bond donors (Lipinski definition) is 2. The van der Waals surface area contributed by atoms with Gasteiger partial charge in [0.15, 0.2) is 0 Å². The number of halogens is 1. The van der Waals surface area contributed by atoms with Gasteiger partial charge in [0.2, 0.25) is 0 Å². The molecule has 0 spiro atoms. The van der Waals surface area contributed by atoms with Crippen molar-refractivity contribution < 1.29 is 9.18 Å². The summed E-state index contributed by atoms with van der Waals surface area (Å²) in [6, 6.07) is 11.5. The average molecular weight is 353 g/mol. The smallest absolute Gasteiger partial charge is 0.326 e. The first-order valence-corrected chi connectivity index (χ1v) is 8.88. The summed E-state index contributed by atoms with van der Waals surface area (Å²) in [6.45, 7) is 0.340. The lowest BCUT2D eigenvalue weighted by molar-refractivity contribution is 0.0938. The summed E-state index contributed by atoms with van der Waals surface area (Å²) in [6.07, 6.45) is 4.37. The van der Waals surface area contributed by atoms with Crippen molar-refractivity contribution >= 4 is 16.9 Å². The Balaban J connectivity index is 1.60. The second kappa shape index (κ2) is 6.78. The van der Waals surface area contributed by atoms with Crippen LogP contribution in [-0.2, 0) is 6.54 Å². The normalized spacial score (nSPS) is 14.8. The summed E-state index contributed by atoms with van der Waals surface area (Å²) in [7, 11) is 0. The number of carbonyl (C=O) groups is 1. The van der Waals surface area contributed by atoms with Crippen molar-refractivity contribution in [1.29, 1.82) is 0 Å². The van der Waals surface area contributed by atoms with Crippen molar-refractivity contribution in [2.75, 3.05) is 0 Å². The molecule has 4 rings (SSSR count). The van der Waals surface area contributed by atoms with E-state index in [1.165, 1.54) is 12.1 Å². The van der Waals surface area contributed by atoms with Crippen LogP contribution < -0.4 is 11.0 Å². The monoisotopic (exact) mass is 353 g/mol. The van der Waals surface area contributed by atoms with Gasteiger partial charge in [-0.25, -0.2) is 9.18 Å². The van der Waals surface area contributed by atoms with Crippen LogP contribution in [0, 0.1) is 5.82 Å². The van der Waals surface area contributed by atoms with Crippen molar-refractivity contribution in [2.45, 2.75) is 38.3 Å². The Morgan fingerprint density at radius 2 is 1.88 bits per heavy atom. The van der Waals surface area contributed by atoms with Gasteiger partial charge in [0.1, 0.15) is 5.82 Å². The number of aromatic amines is 1. The highest BCUT2D eigenvalue weighted by Gasteiger charge is 2.18. The van der Waals surface area contributed by atoms with Crippen LogP contribution in [0.15, 0.2) is 47.3 Å². The molecule has 134 valence electrons. The maximum absolute atomic E-state index is 13.1. The molecule has 2 aromatic carbocycles. The molecule has 6 heteroatoms. The Kier molecular flexibility index (Phi) is 4.32. The second-order valence-electron chi connectivity index (χ2n) is 6.83. The third-order valence-electron chi connectivity index (χ3n) is 4.98. The van der Waals surface area contributed by atoms with Crippen molar-refractivity contribution in [3.63, 3.8) is 0 Å². The van der Waals surface area contributed by atoms with Crippen molar-refractivity contribution in [3.05, 3.63) is 69.9 Å². The Morgan fingerprint density at radius 1 is 1.15 bits per heavy atom. The van der Waals surface area contributed by atoms with Crippen LogP contribution in [0.1, 0.15) is 41.6 Å². The van der Waals surface area contributed by atoms with Crippen LogP contribution in [0.25, 0.3) is 11.0 Å². The number of H-pyrrole nitrogens is 1. The molecular formula is C20H20FN3O2. The predicted octanol–water partition coefficient (Wildman–Crippen LogP) is 3.19. The first-order valence-electron chi connectivity index (χ1n) is 8.88. The summed E-state index contributed by atoms with van der Waals surface area (Å²) in [5.74, 6) is -0.413. The first kappa shape index (κ1) is 16.6. The first-order chi connectivity index (χ1) is 12.6. The zero-order chi connectivity index (χ0) is 18.1. The molecule has 1 heterocycles. The summed E-state index contributed by atoms with van der Waals surface area (Å²) in [5.41, 5.74) is 2.46. The van der Waals surface area contributed by atoms with Gasteiger partial charge in [0, 0.05) is 11.6 Å². The molecule has 0 radical (unpaired) electrons. The predicted molar refractivity (Wildman–Crippen MR) is 97.8 cm³/mol. The molecule has 1 aliphatic carbocycles. The molecule has 1 aromatic heterocycles. The zero-order valence-corrected chi connectivity index (χ0v) is 14.3. The fourth-order valence-electron chi connectivity index (χ4n) is 3.57. The molecule has 3 aromatic rings. The quantitative estimate of drug-likeness (QED) is 0.756. The fourth-order valence-corrected chi connectivity index (χ4v) is 3.57. The van der Waals surface area contributed by atoms with E-state index in [1.807, 2.05) is 0 Å². The maximum atomic E-state index is 13.1. The number of nitrogens with one attached hydrogen (secondary N) is 2. The van der Waals surface area contributed by atoms with Crippen LogP contribution in [0.5, 0.6) is 0 Å². The van der Waals surface area contributed by atoms with Crippen LogP contribution >= 0.6 is 0 Å². The lowest BCUT2D eigenvalue weighted by Gasteiger charge is -2.12. The summed E-state index contributed by atoms with van der Waals surface area (Å²) < 4.78 is 14.6. The lowest BCUT2D eigenvalue weighted by atomic mass is 10.1. The molecule has 1 amide bonds. The van der Waals surface area contributed by atoms with Gasteiger partial charge in [-0.2, -0.15) is 0 Å². The Labute approximate surface area is 149 Å². The molecule has 0 atom stereocenters. The van der Waals surface area contributed by atoms with Gasteiger partial charge in [-0.05, 0) is 48.7 Å². The number of hydrogen-bond acceptors (Lipinski definition) is 2. The third kappa shape index (κ3) is 3.27. The number of nitrogens with zero attached hydrogens (tertiary/aromatic N) is 1. The number of benzene rings is 2. The van der Waals surface area contributed by atoms with E-state index in [4.69, 9.17) is 0 Å². The molecule has 5 nitrogen and oxygen atoms in total. The minimum absolute atomic E-state index is 0.106. The van der Waals surface area contributed by atoms with E-state index < -0.39 is 0 Å². The van der Waals surface area contributed by atoms with E-state index in [1.54, 1.807) is 34.9 Å². The Bertz CT molecular complexity index is 998. The van der Waals surface area contributed by atoms with Crippen LogP contribution in [0.3, 0.4) is 0 Å². The van der Waals surface area contributed by atoms with Crippen LogP contribution in [-0.4, -0.2) is 21.5 Å². The summed E-state index contributed by atoms with van der Waals surface area (Å²) in [5, 5.41) is 3.05. The highest BCUT2D eigenvalue weighted by atomic mass is 19.1. The van der Waals surface area contributed by atoms with Crippen molar-refractivity contribution in [3.8, 4) is 0 Å². The van der Waals surface area contributed by atoms with E-state index in [0.717, 1.165) is 36.8 Å². The minimum Gasteiger partial charge on any atom is -0.349 e. The van der Waals surface area contributed by atoms with E-state index in [-0.39, 0.29) is 23.5 Å². The molecule has 2 N–H and O–H groups in total. The summed E-state index contributed by atoms with van der Waals surface area (Å²) >= 11 is 0. The van der Waals surface area contributed by atoms with E-state index in [9.17, 15) is 14.0 Å². The molecule has 0 saturated heterocycles. The highest BCUT2D eigenvalue weighted by Crippen LogP contribution is 2.19. The van der Waals surface area contributed by atoms with Crippen molar-refractivity contribution in [1.82, 2.24) is 14.9 Å². The van der Waals surface area contributed by atoms with Crippen LogP contribution in [0.2, 0.25) is 0 Å². The number of rotatable bonds is 4. The van der Waals surface area contributed by atoms with E-state index in [2.05, 4.69) is 10.3 Å². The zero-order valence-electron chi connectivity index (χ0n) is 14.3. The second-order valence-corrected chi connectivity index (χ2v) is 6.83. The third-order valence-corrected chi connectivity index (χ3v) is 4.98. The van der Waals surface area contributed by atoms with Gasteiger partial charge >= 0.3 is 5.69 Å². The maximum Gasteiger partial charge on any atom is 0.326 e. The van der Waals surface area contributed by atoms with Crippen LogP contribution in [0.4, 0.5) is 4.39 Å². The fraction of sp³-hybridized carbons (Fsp3) is 0.300. The lowest BCUT2D eigenvalue weighted by Crippen LogP contribution is -2.32. The molecule has 1 aliphatic rings. The average Bonchev–Trinajstić information content (AvgIpc) is 3.24. The SMILES string of the molecule is O=C(NC1CCCC1)c1ccc2c(c1)[nH]c(=O)n2Cc1ccc(F)cc1. The number of amides is 1. The van der Waals surface area contributed by atoms with Gasteiger partial charge < -0.3 is 10.3 Å². The van der Waals surface area contributed by atoms with E-state index in [0.29, 0.717) is 17.6 Å². The molecule has 1 saturated carbocycles. The number of carbonyl (C=O) groups excluding carboxylic acids is 1. The molecule has 26 heavy (non-hydrogen) atoms. The minimum atomic E-state index is -0.307. The number of imidazole rings is 1. The topological polar surface area (TPSA) is 66.9 Å². The Hall–Kier alpha value is -2.89. The molecule has 1 fully saturated rings. The molecule has 0 unspecified atom stereocenters. The molecule has 0 bridgehead atoms. The summed E-state index contributed by atoms with van der Waals surface area (Å²) in [4.78, 5) is 27.5. The number of aromatic nitrogens is 2.